The SMILES string of the molecule is Cc1nn(-c2ccccc2)c(C)c1C1C=CC(NC(=O)N2CCOCC2)C1. The fourth-order valence-electron chi connectivity index (χ4n) is 4.05. The van der Waals surface area contributed by atoms with Gasteiger partial charge < -0.3 is 15.0 Å². The fourth-order valence-corrected chi connectivity index (χ4v) is 4.05. The van der Waals surface area contributed by atoms with E-state index in [1.165, 1.54) is 5.56 Å². The lowest BCUT2D eigenvalue weighted by atomic mass is 9.96. The van der Waals surface area contributed by atoms with Crippen molar-refractivity contribution in [3.8, 4) is 5.69 Å². The molecule has 1 saturated heterocycles. The standard InChI is InChI=1S/C21H26N4O2/c1-15-20(16(2)25(23-15)19-6-4-3-5-7-19)17-8-9-18(14-17)22-21(26)24-10-12-27-13-11-24/h3-9,17-18H,10-14H2,1-2H3,(H,22,26). The minimum absolute atomic E-state index is 0.00187. The lowest BCUT2D eigenvalue weighted by Gasteiger charge is -2.28. The predicted molar refractivity (Wildman–Crippen MR) is 104 cm³/mol. The van der Waals surface area contributed by atoms with E-state index >= 15 is 0 Å². The number of rotatable bonds is 3. The molecule has 2 heterocycles. The average Bonchev–Trinajstić information content (AvgIpc) is 3.26. The minimum atomic E-state index is 0.00187. The third-order valence-corrected chi connectivity index (χ3v) is 5.41. The van der Waals surface area contributed by atoms with Crippen LogP contribution in [0.3, 0.4) is 0 Å². The summed E-state index contributed by atoms with van der Waals surface area (Å²) in [6.45, 7) is 6.74. The first-order chi connectivity index (χ1) is 13.1. The van der Waals surface area contributed by atoms with Crippen molar-refractivity contribution >= 4 is 6.03 Å². The summed E-state index contributed by atoms with van der Waals surface area (Å²) in [7, 11) is 0. The van der Waals surface area contributed by atoms with Crippen molar-refractivity contribution in [3.63, 3.8) is 0 Å². The Bertz CT molecular complexity index is 837. The molecule has 4 rings (SSSR count). The largest absolute Gasteiger partial charge is 0.378 e. The highest BCUT2D eigenvalue weighted by atomic mass is 16.5. The fraction of sp³-hybridized carbons (Fsp3) is 0.429. The Kier molecular flexibility index (Phi) is 4.99. The summed E-state index contributed by atoms with van der Waals surface area (Å²) in [5.41, 5.74) is 4.54. The van der Waals surface area contributed by atoms with Gasteiger partial charge in [0.2, 0.25) is 0 Å². The van der Waals surface area contributed by atoms with Crippen LogP contribution < -0.4 is 5.32 Å². The molecule has 1 fully saturated rings. The van der Waals surface area contributed by atoms with Gasteiger partial charge in [-0.05, 0) is 32.4 Å². The maximum absolute atomic E-state index is 12.4. The zero-order valence-electron chi connectivity index (χ0n) is 15.9. The zero-order chi connectivity index (χ0) is 18.8. The number of benzene rings is 1. The van der Waals surface area contributed by atoms with Crippen LogP contribution in [-0.4, -0.2) is 53.1 Å². The highest BCUT2D eigenvalue weighted by Gasteiger charge is 2.28. The van der Waals surface area contributed by atoms with Crippen LogP contribution in [-0.2, 0) is 4.74 Å². The zero-order valence-corrected chi connectivity index (χ0v) is 15.9. The molecule has 6 heteroatoms. The summed E-state index contributed by atoms with van der Waals surface area (Å²) in [4.78, 5) is 14.3. The molecule has 1 N–H and O–H groups in total. The quantitative estimate of drug-likeness (QED) is 0.850. The van der Waals surface area contributed by atoms with Crippen LogP contribution in [0.15, 0.2) is 42.5 Å². The van der Waals surface area contributed by atoms with Crippen molar-refractivity contribution in [2.45, 2.75) is 32.2 Å². The molecule has 0 bridgehead atoms. The van der Waals surface area contributed by atoms with Crippen LogP contribution in [0.5, 0.6) is 0 Å². The second-order valence-corrected chi connectivity index (χ2v) is 7.21. The minimum Gasteiger partial charge on any atom is -0.378 e. The number of urea groups is 1. The summed E-state index contributed by atoms with van der Waals surface area (Å²) in [5, 5.41) is 7.90. The molecular formula is C21H26N4O2. The third-order valence-electron chi connectivity index (χ3n) is 5.41. The van der Waals surface area contributed by atoms with Gasteiger partial charge in [-0.1, -0.05) is 30.4 Å². The van der Waals surface area contributed by atoms with Gasteiger partial charge >= 0.3 is 6.03 Å². The number of morpholine rings is 1. The highest BCUT2D eigenvalue weighted by Crippen LogP contribution is 2.33. The molecule has 27 heavy (non-hydrogen) atoms. The Morgan fingerprint density at radius 1 is 1.15 bits per heavy atom. The van der Waals surface area contributed by atoms with E-state index in [1.807, 2.05) is 27.8 Å². The van der Waals surface area contributed by atoms with Crippen molar-refractivity contribution in [1.29, 1.82) is 0 Å². The third kappa shape index (κ3) is 3.62. The van der Waals surface area contributed by atoms with Crippen LogP contribution in [0, 0.1) is 13.8 Å². The molecule has 2 amide bonds. The van der Waals surface area contributed by atoms with Gasteiger partial charge in [0.15, 0.2) is 0 Å². The van der Waals surface area contributed by atoms with Gasteiger partial charge in [0.05, 0.1) is 24.6 Å². The van der Waals surface area contributed by atoms with E-state index in [4.69, 9.17) is 9.84 Å². The summed E-state index contributed by atoms with van der Waals surface area (Å²) >= 11 is 0. The molecular weight excluding hydrogens is 340 g/mol. The first-order valence-corrected chi connectivity index (χ1v) is 9.56. The number of allylic oxidation sites excluding steroid dienone is 1. The number of aromatic nitrogens is 2. The van der Waals surface area contributed by atoms with Gasteiger partial charge in [-0.3, -0.25) is 0 Å². The van der Waals surface area contributed by atoms with Crippen LogP contribution in [0.2, 0.25) is 0 Å². The van der Waals surface area contributed by atoms with Crippen molar-refractivity contribution in [1.82, 2.24) is 20.0 Å². The van der Waals surface area contributed by atoms with Gasteiger partial charge in [-0.15, -0.1) is 0 Å². The van der Waals surface area contributed by atoms with E-state index in [0.29, 0.717) is 26.3 Å². The van der Waals surface area contributed by atoms with E-state index in [2.05, 4.69) is 43.4 Å². The molecule has 142 valence electrons. The van der Waals surface area contributed by atoms with Crippen molar-refractivity contribution in [2.75, 3.05) is 26.3 Å². The van der Waals surface area contributed by atoms with Crippen molar-refractivity contribution in [3.05, 3.63) is 59.4 Å². The highest BCUT2D eigenvalue weighted by molar-refractivity contribution is 5.75. The Balaban J connectivity index is 1.46. The number of carbonyl (C=O) groups is 1. The normalized spacial score (nSPS) is 22.2. The molecule has 0 saturated carbocycles. The number of hydrogen-bond acceptors (Lipinski definition) is 3. The topological polar surface area (TPSA) is 59.4 Å². The molecule has 1 aromatic heterocycles. The molecule has 2 atom stereocenters. The molecule has 2 unspecified atom stereocenters. The summed E-state index contributed by atoms with van der Waals surface area (Å²) in [5.74, 6) is 0.275. The average molecular weight is 366 g/mol. The Labute approximate surface area is 159 Å². The summed E-state index contributed by atoms with van der Waals surface area (Å²) in [6, 6.07) is 10.3. The van der Waals surface area contributed by atoms with Gasteiger partial charge in [-0.25, -0.2) is 9.48 Å². The number of hydrogen-bond donors (Lipinski definition) is 1. The van der Waals surface area contributed by atoms with Gasteiger partial charge in [0, 0.05) is 36.3 Å². The molecule has 1 aliphatic heterocycles. The first kappa shape index (κ1) is 17.8. The lowest BCUT2D eigenvalue weighted by molar-refractivity contribution is 0.0528. The van der Waals surface area contributed by atoms with Gasteiger partial charge in [0.1, 0.15) is 0 Å². The van der Waals surface area contributed by atoms with E-state index < -0.39 is 0 Å². The molecule has 0 spiro atoms. The maximum Gasteiger partial charge on any atom is 0.318 e. The molecule has 0 radical (unpaired) electrons. The van der Waals surface area contributed by atoms with Crippen LogP contribution in [0.25, 0.3) is 5.69 Å². The lowest BCUT2D eigenvalue weighted by Crippen LogP contribution is -2.48. The van der Waals surface area contributed by atoms with Crippen LogP contribution >= 0.6 is 0 Å². The van der Waals surface area contributed by atoms with E-state index in [1.54, 1.807) is 0 Å². The number of ether oxygens (including phenoxy) is 1. The number of para-hydroxylation sites is 1. The van der Waals surface area contributed by atoms with Gasteiger partial charge in [-0.2, -0.15) is 5.10 Å². The number of carbonyl (C=O) groups excluding carboxylic acids is 1. The number of aryl methyl sites for hydroxylation is 1. The van der Waals surface area contributed by atoms with Crippen LogP contribution in [0.4, 0.5) is 4.79 Å². The molecule has 1 aliphatic carbocycles. The Morgan fingerprint density at radius 2 is 1.89 bits per heavy atom. The van der Waals surface area contributed by atoms with Crippen molar-refractivity contribution < 1.29 is 9.53 Å². The molecule has 6 nitrogen and oxygen atoms in total. The Hall–Kier alpha value is -2.60. The first-order valence-electron chi connectivity index (χ1n) is 9.56. The molecule has 1 aromatic carbocycles. The number of nitrogens with zero attached hydrogens (tertiary/aromatic N) is 3. The second kappa shape index (κ2) is 7.56. The molecule has 2 aromatic rings. The van der Waals surface area contributed by atoms with Crippen molar-refractivity contribution in [2.24, 2.45) is 0 Å². The summed E-state index contributed by atoms with van der Waals surface area (Å²) < 4.78 is 7.33. The summed E-state index contributed by atoms with van der Waals surface area (Å²) in [6.07, 6.45) is 5.19. The maximum atomic E-state index is 12.4. The number of amides is 2. The van der Waals surface area contributed by atoms with Gasteiger partial charge in [0.25, 0.3) is 0 Å². The Morgan fingerprint density at radius 3 is 2.63 bits per heavy atom. The van der Waals surface area contributed by atoms with E-state index in [9.17, 15) is 4.79 Å². The van der Waals surface area contributed by atoms with E-state index in [0.717, 1.165) is 23.5 Å². The number of nitrogens with one attached hydrogen (secondary N) is 1. The van der Waals surface area contributed by atoms with E-state index in [-0.39, 0.29) is 18.0 Å². The second-order valence-electron chi connectivity index (χ2n) is 7.21. The smallest absolute Gasteiger partial charge is 0.318 e. The van der Waals surface area contributed by atoms with Crippen LogP contribution in [0.1, 0.15) is 29.3 Å². The predicted octanol–water partition coefficient (Wildman–Crippen LogP) is 2.94. The monoisotopic (exact) mass is 366 g/mol. The molecule has 2 aliphatic rings.